The molecule has 0 amide bonds. The summed E-state index contributed by atoms with van der Waals surface area (Å²) in [7, 11) is 0. The van der Waals surface area contributed by atoms with Gasteiger partial charge in [-0.15, -0.1) is 0 Å². The van der Waals surface area contributed by atoms with Crippen LogP contribution in [0.25, 0.3) is 0 Å². The molecule has 1 N–H and O–H groups in total. The molecule has 0 aliphatic carbocycles. The van der Waals surface area contributed by atoms with Gasteiger partial charge in [0.2, 0.25) is 0 Å². The van der Waals surface area contributed by atoms with E-state index in [1.54, 1.807) is 0 Å². The second-order valence-electron chi connectivity index (χ2n) is 3.00. The number of hydrogen-bond donors (Lipinski definition) is 1. The van der Waals surface area contributed by atoms with Gasteiger partial charge in [-0.1, -0.05) is 52.4 Å². The fourth-order valence-electron chi connectivity index (χ4n) is 0.854. The Labute approximate surface area is 81.0 Å². The van der Waals surface area contributed by atoms with Gasteiger partial charge in [0.25, 0.3) is 0 Å². The van der Waals surface area contributed by atoms with Crippen LogP contribution < -0.4 is 0 Å². The Morgan fingerprint density at radius 1 is 1.08 bits per heavy atom. The first-order valence-electron chi connectivity index (χ1n) is 5.01. The zero-order valence-electron chi connectivity index (χ0n) is 9.01. The second-order valence-corrected chi connectivity index (χ2v) is 3.00. The van der Waals surface area contributed by atoms with Gasteiger partial charge in [0.15, 0.2) is 0 Å². The first-order chi connectivity index (χ1) is 6.18. The molecule has 0 rings (SSSR count). The van der Waals surface area contributed by atoms with E-state index in [0.717, 1.165) is 6.92 Å². The molecule has 0 radical (unpaired) electrons. The van der Waals surface area contributed by atoms with Crippen molar-refractivity contribution in [3.63, 3.8) is 0 Å². The zero-order chi connectivity index (χ0) is 10.5. The van der Waals surface area contributed by atoms with Gasteiger partial charge in [-0.2, -0.15) is 5.26 Å². The van der Waals surface area contributed by atoms with Crippen LogP contribution in [0.1, 0.15) is 59.3 Å². The molecule has 0 saturated heterocycles. The maximum Gasteiger partial charge on any atom is 0.339 e. The van der Waals surface area contributed by atoms with Crippen molar-refractivity contribution in [3.8, 4) is 0 Å². The fraction of sp³-hybridized carbons (Fsp3) is 0.900. The second kappa shape index (κ2) is 14.0. The van der Waals surface area contributed by atoms with Crippen molar-refractivity contribution in [2.75, 3.05) is 0 Å². The summed E-state index contributed by atoms with van der Waals surface area (Å²) in [4.78, 5) is 12.5. The van der Waals surface area contributed by atoms with Crippen LogP contribution in [-0.2, 0) is 9.68 Å². The molecule has 0 aliphatic rings. The van der Waals surface area contributed by atoms with E-state index in [4.69, 9.17) is 5.26 Å². The Kier molecular flexibility index (Phi) is 16.1. The average Bonchev–Trinajstić information content (AvgIpc) is 2.14. The molecule has 0 spiro atoms. The molecule has 0 unspecified atom stereocenters. The van der Waals surface area contributed by atoms with Crippen molar-refractivity contribution in [2.24, 2.45) is 0 Å². The van der Waals surface area contributed by atoms with E-state index in [-0.39, 0.29) is 0 Å². The van der Waals surface area contributed by atoms with E-state index < -0.39 is 5.97 Å². The molecule has 80 valence electrons. The molecule has 3 nitrogen and oxygen atoms in total. The summed E-state index contributed by atoms with van der Waals surface area (Å²) in [5.74, 6) is -0.690. The van der Waals surface area contributed by atoms with Crippen molar-refractivity contribution in [1.29, 1.82) is 0 Å². The Balaban J connectivity index is 0. The van der Waals surface area contributed by atoms with E-state index in [0.29, 0.717) is 0 Å². The molecule has 0 aliphatic heterocycles. The van der Waals surface area contributed by atoms with Gasteiger partial charge in [0, 0.05) is 6.92 Å². The molecule has 0 atom stereocenters. The first-order valence-corrected chi connectivity index (χ1v) is 5.01. The van der Waals surface area contributed by atoms with E-state index in [9.17, 15) is 4.79 Å². The third-order valence-corrected chi connectivity index (χ3v) is 1.59. The normalized spacial score (nSPS) is 8.62. The molecule has 0 fully saturated rings. The lowest BCUT2D eigenvalue weighted by atomic mass is 10.1. The summed E-state index contributed by atoms with van der Waals surface area (Å²) < 4.78 is 0. The highest BCUT2D eigenvalue weighted by Crippen LogP contribution is 2.03. The van der Waals surface area contributed by atoms with Gasteiger partial charge in [0.1, 0.15) is 0 Å². The third kappa shape index (κ3) is 24.6. The van der Waals surface area contributed by atoms with E-state index in [1.807, 2.05) is 0 Å². The van der Waals surface area contributed by atoms with Crippen molar-refractivity contribution in [2.45, 2.75) is 59.3 Å². The van der Waals surface area contributed by atoms with E-state index in [2.05, 4.69) is 18.7 Å². The zero-order valence-corrected chi connectivity index (χ0v) is 9.01. The topological polar surface area (TPSA) is 46.5 Å². The van der Waals surface area contributed by atoms with Crippen molar-refractivity contribution < 1.29 is 14.9 Å². The van der Waals surface area contributed by atoms with Crippen LogP contribution in [0.15, 0.2) is 0 Å². The lowest BCUT2D eigenvalue weighted by molar-refractivity contribution is -0.231. The van der Waals surface area contributed by atoms with Gasteiger partial charge >= 0.3 is 5.97 Å². The highest BCUT2D eigenvalue weighted by Gasteiger charge is 1.83. The number of carbonyl (C=O) groups excluding carboxylic acids is 1. The van der Waals surface area contributed by atoms with Gasteiger partial charge in [-0.3, -0.25) is 0 Å². The van der Waals surface area contributed by atoms with Gasteiger partial charge < -0.3 is 4.89 Å². The monoisotopic (exact) mass is 190 g/mol. The van der Waals surface area contributed by atoms with Crippen LogP contribution >= 0.6 is 0 Å². The van der Waals surface area contributed by atoms with Crippen molar-refractivity contribution >= 4 is 5.97 Å². The van der Waals surface area contributed by atoms with Crippen LogP contribution in [-0.4, -0.2) is 11.2 Å². The predicted molar refractivity (Wildman–Crippen MR) is 53.4 cm³/mol. The van der Waals surface area contributed by atoms with Crippen LogP contribution in [0.4, 0.5) is 0 Å². The molecular formula is C10H22O3. The van der Waals surface area contributed by atoms with Crippen LogP contribution in [0.2, 0.25) is 0 Å². The quantitative estimate of drug-likeness (QED) is 0.410. The van der Waals surface area contributed by atoms with E-state index >= 15 is 0 Å². The smallest absolute Gasteiger partial charge is 0.301 e. The minimum absolute atomic E-state index is 0.690. The maximum absolute atomic E-state index is 9.34. The van der Waals surface area contributed by atoms with Crippen LogP contribution in [0.5, 0.6) is 0 Å². The Hall–Kier alpha value is -0.570. The molecular weight excluding hydrogens is 168 g/mol. The van der Waals surface area contributed by atoms with Crippen LogP contribution in [0.3, 0.4) is 0 Å². The standard InChI is InChI=1S/C8H18.C2H4O3/c1-3-5-7-8-6-4-2;1-2(3)5-4/h3-8H2,1-2H3;4H,1H3. The minimum Gasteiger partial charge on any atom is -0.301 e. The number of rotatable bonds is 5. The van der Waals surface area contributed by atoms with Crippen molar-refractivity contribution in [3.05, 3.63) is 0 Å². The molecule has 3 heteroatoms. The molecule has 0 aromatic carbocycles. The Morgan fingerprint density at radius 3 is 1.54 bits per heavy atom. The third-order valence-electron chi connectivity index (χ3n) is 1.59. The highest BCUT2D eigenvalue weighted by atomic mass is 17.1. The minimum atomic E-state index is -0.690. The molecule has 0 heterocycles. The van der Waals surface area contributed by atoms with Crippen molar-refractivity contribution in [1.82, 2.24) is 0 Å². The summed E-state index contributed by atoms with van der Waals surface area (Å²) in [6, 6.07) is 0. The summed E-state index contributed by atoms with van der Waals surface area (Å²) in [5.41, 5.74) is 0. The fourth-order valence-corrected chi connectivity index (χ4v) is 0.854. The largest absolute Gasteiger partial charge is 0.339 e. The molecule has 13 heavy (non-hydrogen) atoms. The van der Waals surface area contributed by atoms with Gasteiger partial charge in [-0.05, 0) is 0 Å². The lowest BCUT2D eigenvalue weighted by Gasteiger charge is -1.93. The molecule has 0 aromatic rings. The molecule has 0 aromatic heterocycles. The Bertz CT molecular complexity index is 96.3. The number of carbonyl (C=O) groups is 1. The summed E-state index contributed by atoms with van der Waals surface area (Å²) in [5, 5.41) is 7.29. The Morgan fingerprint density at radius 2 is 1.38 bits per heavy atom. The van der Waals surface area contributed by atoms with Crippen LogP contribution in [0, 0.1) is 0 Å². The van der Waals surface area contributed by atoms with Gasteiger partial charge in [0.05, 0.1) is 0 Å². The number of unbranched alkanes of at least 4 members (excludes halogenated alkanes) is 5. The average molecular weight is 190 g/mol. The maximum atomic E-state index is 9.34. The highest BCUT2D eigenvalue weighted by molar-refractivity contribution is 5.64. The molecule has 0 bridgehead atoms. The van der Waals surface area contributed by atoms with E-state index in [1.165, 1.54) is 38.5 Å². The summed E-state index contributed by atoms with van der Waals surface area (Å²) >= 11 is 0. The summed E-state index contributed by atoms with van der Waals surface area (Å²) in [6.45, 7) is 5.62. The lowest BCUT2D eigenvalue weighted by Crippen LogP contribution is -1.89. The number of hydrogen-bond acceptors (Lipinski definition) is 3. The SMILES string of the molecule is CC(=O)OO.CCCCCCCC. The molecule has 0 saturated carbocycles. The van der Waals surface area contributed by atoms with Gasteiger partial charge in [-0.25, -0.2) is 4.79 Å². The predicted octanol–water partition coefficient (Wildman–Crippen LogP) is 3.39. The first kappa shape index (κ1) is 14.9. The summed E-state index contributed by atoms with van der Waals surface area (Å²) in [6.07, 6.45) is 8.49.